The smallest absolute Gasteiger partial charge is 0.474 e. The number of carboxylic acids is 1. The van der Waals surface area contributed by atoms with E-state index in [-0.39, 0.29) is 5.75 Å². The summed E-state index contributed by atoms with van der Waals surface area (Å²) in [5, 5.41) is 9.08. The summed E-state index contributed by atoms with van der Waals surface area (Å²) in [7, 11) is 0. The van der Waals surface area contributed by atoms with Crippen molar-refractivity contribution >= 4 is 28.6 Å². The molecule has 130 valence electrons. The third kappa shape index (κ3) is 3.28. The minimum Gasteiger partial charge on any atom is -0.474 e. The number of carbonyl (C=O) groups is 1. The highest BCUT2D eigenvalue weighted by molar-refractivity contribution is 6.31. The van der Waals surface area contributed by atoms with Crippen LogP contribution in [0.15, 0.2) is 30.3 Å². The molecule has 0 aliphatic rings. The van der Waals surface area contributed by atoms with Crippen molar-refractivity contribution in [1.29, 1.82) is 0 Å². The molecule has 0 saturated carbocycles. The molecule has 0 aliphatic heterocycles. The zero-order valence-corrected chi connectivity index (χ0v) is 14.0. The predicted octanol–water partition coefficient (Wildman–Crippen LogP) is 4.56. The second kappa shape index (κ2) is 6.00. The van der Waals surface area contributed by atoms with Gasteiger partial charge < -0.3 is 14.8 Å². The van der Waals surface area contributed by atoms with Gasteiger partial charge in [0.05, 0.1) is 11.0 Å². The largest absolute Gasteiger partial charge is 0.501 e. The van der Waals surface area contributed by atoms with Gasteiger partial charge in [0.1, 0.15) is 11.6 Å². The van der Waals surface area contributed by atoms with E-state index in [1.165, 1.54) is 0 Å². The number of aromatic nitrogens is 2. The minimum absolute atomic E-state index is 0.171. The molecule has 3 rings (SSSR count). The van der Waals surface area contributed by atoms with Gasteiger partial charge in [-0.3, -0.25) is 0 Å². The number of carboxylic acid groups (broad SMARTS) is 1. The summed E-state index contributed by atoms with van der Waals surface area (Å²) in [6, 6.07) is 8.41. The third-order valence-electron chi connectivity index (χ3n) is 3.66. The number of H-pyrrole nitrogens is 1. The maximum atomic E-state index is 13.3. The first-order chi connectivity index (χ1) is 11.7. The molecule has 1 heterocycles. The Hall–Kier alpha value is -2.67. The maximum Gasteiger partial charge on any atom is 0.501 e. The van der Waals surface area contributed by atoms with E-state index in [0.29, 0.717) is 33.1 Å². The standard InChI is InChI=1S/C17H13ClF2N2O3/c1-8-5-10(6-9(2)14(8)25-17(19,20)16(23)24)15-21-12-4-3-11(18)7-13(12)22-15/h3-7H,1-2H3,(H,21,22)(H,23,24). The van der Waals surface area contributed by atoms with Gasteiger partial charge in [-0.15, -0.1) is 0 Å². The highest BCUT2D eigenvalue weighted by Crippen LogP contribution is 2.33. The molecule has 0 amide bonds. The molecule has 25 heavy (non-hydrogen) atoms. The Kier molecular flexibility index (Phi) is 4.12. The normalized spacial score (nSPS) is 11.7. The maximum absolute atomic E-state index is 13.3. The van der Waals surface area contributed by atoms with Crippen molar-refractivity contribution in [3.8, 4) is 17.1 Å². The first-order valence-corrected chi connectivity index (χ1v) is 7.62. The van der Waals surface area contributed by atoms with Gasteiger partial charge >= 0.3 is 12.1 Å². The number of fused-ring (bicyclic) bond motifs is 1. The van der Waals surface area contributed by atoms with Crippen LogP contribution < -0.4 is 4.74 Å². The zero-order valence-electron chi connectivity index (χ0n) is 13.2. The number of rotatable bonds is 4. The van der Waals surface area contributed by atoms with Gasteiger partial charge in [0.25, 0.3) is 0 Å². The van der Waals surface area contributed by atoms with Crippen LogP contribution in [0.2, 0.25) is 5.02 Å². The lowest BCUT2D eigenvalue weighted by atomic mass is 10.1. The van der Waals surface area contributed by atoms with Crippen molar-refractivity contribution < 1.29 is 23.4 Å². The molecule has 1 aromatic heterocycles. The van der Waals surface area contributed by atoms with Crippen molar-refractivity contribution in [3.05, 3.63) is 46.5 Å². The van der Waals surface area contributed by atoms with Crippen molar-refractivity contribution in [1.82, 2.24) is 9.97 Å². The first-order valence-electron chi connectivity index (χ1n) is 7.24. The lowest BCUT2D eigenvalue weighted by molar-refractivity contribution is -0.211. The highest BCUT2D eigenvalue weighted by Gasteiger charge is 2.43. The zero-order chi connectivity index (χ0) is 18.4. The molecule has 3 aromatic rings. The fourth-order valence-corrected chi connectivity index (χ4v) is 2.71. The van der Waals surface area contributed by atoms with Gasteiger partial charge in [0.2, 0.25) is 0 Å². The molecule has 0 fully saturated rings. The van der Waals surface area contributed by atoms with Gasteiger partial charge in [-0.1, -0.05) is 11.6 Å². The number of aliphatic carboxylic acids is 1. The Morgan fingerprint density at radius 1 is 1.24 bits per heavy atom. The molecule has 2 aromatic carbocycles. The molecule has 0 bridgehead atoms. The van der Waals surface area contributed by atoms with Crippen molar-refractivity contribution in [3.63, 3.8) is 0 Å². The number of alkyl halides is 2. The number of hydrogen-bond acceptors (Lipinski definition) is 3. The fourth-order valence-electron chi connectivity index (χ4n) is 2.54. The van der Waals surface area contributed by atoms with Crippen molar-refractivity contribution in [2.45, 2.75) is 20.0 Å². The van der Waals surface area contributed by atoms with E-state index in [4.69, 9.17) is 16.7 Å². The molecule has 5 nitrogen and oxygen atoms in total. The fraction of sp³-hybridized carbons (Fsp3) is 0.176. The van der Waals surface area contributed by atoms with Gasteiger partial charge in [-0.05, 0) is 55.3 Å². The van der Waals surface area contributed by atoms with E-state index in [9.17, 15) is 13.6 Å². The number of aryl methyl sites for hydroxylation is 2. The number of hydrogen-bond donors (Lipinski definition) is 2. The van der Waals surface area contributed by atoms with Crippen LogP contribution in [0.5, 0.6) is 5.75 Å². The molecular weight excluding hydrogens is 354 g/mol. The van der Waals surface area contributed by atoms with Crippen LogP contribution in [0.1, 0.15) is 11.1 Å². The van der Waals surface area contributed by atoms with Gasteiger partial charge in [-0.2, -0.15) is 8.78 Å². The van der Waals surface area contributed by atoms with Gasteiger partial charge in [0.15, 0.2) is 0 Å². The summed E-state index contributed by atoms with van der Waals surface area (Å²) < 4.78 is 31.1. The molecule has 2 N–H and O–H groups in total. The molecular formula is C17H13ClF2N2O3. The number of aromatic amines is 1. The molecule has 0 radical (unpaired) electrons. The van der Waals surface area contributed by atoms with Crippen LogP contribution in [-0.2, 0) is 4.79 Å². The van der Waals surface area contributed by atoms with Gasteiger partial charge in [-0.25, -0.2) is 9.78 Å². The first kappa shape index (κ1) is 17.2. The molecule has 0 spiro atoms. The van der Waals surface area contributed by atoms with Crippen LogP contribution >= 0.6 is 11.6 Å². The summed E-state index contributed by atoms with van der Waals surface area (Å²) in [6.07, 6.45) is -4.30. The van der Waals surface area contributed by atoms with E-state index in [0.717, 1.165) is 5.52 Å². The number of nitrogens with one attached hydrogen (secondary N) is 1. The Balaban J connectivity index is 2.02. The molecule has 8 heteroatoms. The summed E-state index contributed by atoms with van der Waals surface area (Å²) in [5.41, 5.74) is 2.86. The van der Waals surface area contributed by atoms with Crippen LogP contribution in [0.3, 0.4) is 0 Å². The second-order valence-corrected chi connectivity index (χ2v) is 6.05. The minimum atomic E-state index is -4.30. The Morgan fingerprint density at radius 2 is 1.88 bits per heavy atom. The number of ether oxygens (including phenoxy) is 1. The average Bonchev–Trinajstić information content (AvgIpc) is 2.93. The van der Waals surface area contributed by atoms with E-state index in [2.05, 4.69) is 14.7 Å². The summed E-state index contributed by atoms with van der Waals surface area (Å²) >= 11 is 5.95. The second-order valence-electron chi connectivity index (χ2n) is 5.61. The van der Waals surface area contributed by atoms with Crippen LogP contribution in [0.4, 0.5) is 8.78 Å². The van der Waals surface area contributed by atoms with Crippen LogP contribution in [0, 0.1) is 13.8 Å². The highest BCUT2D eigenvalue weighted by atomic mass is 35.5. The van der Waals surface area contributed by atoms with E-state index in [1.807, 2.05) is 0 Å². The van der Waals surface area contributed by atoms with Crippen molar-refractivity contribution in [2.24, 2.45) is 0 Å². The van der Waals surface area contributed by atoms with Crippen LogP contribution in [0.25, 0.3) is 22.4 Å². The van der Waals surface area contributed by atoms with E-state index < -0.39 is 12.1 Å². The van der Waals surface area contributed by atoms with Crippen molar-refractivity contribution in [2.75, 3.05) is 0 Å². The number of imidazole rings is 1. The Morgan fingerprint density at radius 3 is 2.48 bits per heavy atom. The topological polar surface area (TPSA) is 75.2 Å². The monoisotopic (exact) mass is 366 g/mol. The summed E-state index contributed by atoms with van der Waals surface area (Å²) in [6.45, 7) is 3.12. The average molecular weight is 367 g/mol. The van der Waals surface area contributed by atoms with Gasteiger partial charge in [0, 0.05) is 10.6 Å². The number of nitrogens with zero attached hydrogens (tertiary/aromatic N) is 1. The van der Waals surface area contributed by atoms with E-state index in [1.54, 1.807) is 44.2 Å². The molecule has 0 saturated heterocycles. The summed E-state index contributed by atoms with van der Waals surface area (Å²) in [4.78, 5) is 18.1. The number of benzene rings is 2. The lowest BCUT2D eigenvalue weighted by Crippen LogP contribution is -2.35. The van der Waals surface area contributed by atoms with Crippen LogP contribution in [-0.4, -0.2) is 27.2 Å². The molecule has 0 atom stereocenters. The van der Waals surface area contributed by atoms with E-state index >= 15 is 0 Å². The third-order valence-corrected chi connectivity index (χ3v) is 3.89. The molecule has 0 unspecified atom stereocenters. The SMILES string of the molecule is Cc1cc(-c2nc3ccc(Cl)cc3[nH]2)cc(C)c1OC(F)(F)C(=O)O. The lowest BCUT2D eigenvalue weighted by Gasteiger charge is -2.17. The molecule has 0 aliphatic carbocycles. The quantitative estimate of drug-likeness (QED) is 0.710. The number of halogens is 3. The predicted molar refractivity (Wildman–Crippen MR) is 89.2 cm³/mol. The Bertz CT molecular complexity index is 962. The summed E-state index contributed by atoms with van der Waals surface area (Å²) in [5.74, 6) is -1.97. The Labute approximate surface area is 146 Å².